The molecule has 5 nitrogen and oxygen atoms in total. The summed E-state index contributed by atoms with van der Waals surface area (Å²) in [7, 11) is 1.50. The second-order valence-electron chi connectivity index (χ2n) is 24.1. The van der Waals surface area contributed by atoms with Crippen LogP contribution in [0.25, 0.3) is 0 Å². The molecule has 0 amide bonds. The van der Waals surface area contributed by atoms with E-state index in [0.717, 1.165) is 97.7 Å². The molecule has 8 rings (SSSR count). The number of methoxy groups -OCH3 is 1. The Morgan fingerprint density at radius 3 is 1.37 bits per heavy atom. The lowest BCUT2D eigenvalue weighted by Crippen LogP contribution is -2.55. The molecule has 0 heterocycles. The first kappa shape index (κ1) is 51.0. The number of ether oxygens (including phenoxy) is 1. The first-order chi connectivity index (χ1) is 26.3. The smallest absolute Gasteiger partial charge is 0.305 e. The van der Waals surface area contributed by atoms with Gasteiger partial charge in [0.15, 0.2) is 0 Å². The van der Waals surface area contributed by atoms with Crippen molar-refractivity contribution in [2.45, 2.75) is 230 Å². The number of carbonyl (C=O) groups excluding carboxylic acids is 1. The molecule has 8 aliphatic rings. The molecule has 18 atom stereocenters. The summed E-state index contributed by atoms with van der Waals surface area (Å²) < 4.78 is 4.88. The highest BCUT2D eigenvalue weighted by Gasteiger charge is 2.63. The second kappa shape index (κ2) is 18.8. The van der Waals surface area contributed by atoms with Crippen molar-refractivity contribution in [3.63, 3.8) is 0 Å². The summed E-state index contributed by atoms with van der Waals surface area (Å²) in [5, 5.41) is 30.6. The van der Waals surface area contributed by atoms with Crippen molar-refractivity contribution in [3.05, 3.63) is 0 Å². The standard InChI is InChI=1S/C26H44O3.C25H44O2.3CH4/c1-17(6-11-23(27)29-5)20-9-10-21-19-8-7-18-16-24(2,28)14-15-25(18,3)22(19)12-13-26(20,21)4;1-17(6-5-15-26)20-9-10-21-19-8-7-18-16-23(2,27)13-14-24(18,3)22(19)11-12-25(20,21)4;;;/h17-22,28H,6-16H2,1-5H3;17-22,26-27H,5-16H2,1-4H3;3*1H4/t17-,18+,19+,20-,21+,22+,24+,25+,26-;17-,18+,19+,20-,21+,22+,23+,24+,25-;;;/m11.../s1. The van der Waals surface area contributed by atoms with Crippen LogP contribution in [-0.4, -0.2) is 46.2 Å². The van der Waals surface area contributed by atoms with Crippen LogP contribution in [0.3, 0.4) is 0 Å². The Kier molecular flexibility index (Phi) is 16.3. The molecule has 8 saturated carbocycles. The fourth-order valence-electron chi connectivity index (χ4n) is 18.1. The van der Waals surface area contributed by atoms with Crippen molar-refractivity contribution < 1.29 is 24.9 Å². The summed E-state index contributed by atoms with van der Waals surface area (Å²) in [5.74, 6) is 9.78. The number of fused-ring (bicyclic) bond motifs is 10. The van der Waals surface area contributed by atoms with E-state index in [9.17, 15) is 20.1 Å². The lowest BCUT2D eigenvalue weighted by atomic mass is 9.43. The van der Waals surface area contributed by atoms with E-state index in [1.165, 1.54) is 103 Å². The summed E-state index contributed by atoms with van der Waals surface area (Å²) in [4.78, 5) is 11.7. The SMILES string of the molecule is C.C.C.COC(=O)CC[C@@H](C)[C@H]1CC[C@H]2[C@@H]3CC[C@H]4C[C@@](C)(O)CC[C@]4(C)[C@H]3CC[C@]12C.C[C@H](CCCO)[C@H]1CC[C@H]2[C@@H]3CC[C@H]4C[C@@](C)(O)CC[C@]4(C)[C@H]3CC[C@]12C. The van der Waals surface area contributed by atoms with Gasteiger partial charge in [0.1, 0.15) is 0 Å². The molecule has 3 N–H and O–H groups in total. The highest BCUT2D eigenvalue weighted by molar-refractivity contribution is 5.69. The second-order valence-corrected chi connectivity index (χ2v) is 24.1. The molecule has 0 bridgehead atoms. The first-order valence-corrected chi connectivity index (χ1v) is 24.4. The predicted molar refractivity (Wildman–Crippen MR) is 248 cm³/mol. The molecule has 8 fully saturated rings. The number of hydrogen-bond acceptors (Lipinski definition) is 5. The van der Waals surface area contributed by atoms with E-state index in [1.54, 1.807) is 0 Å². The molecule has 59 heavy (non-hydrogen) atoms. The topological polar surface area (TPSA) is 87.0 Å². The van der Waals surface area contributed by atoms with Crippen LogP contribution in [0, 0.1) is 92.7 Å². The quantitative estimate of drug-likeness (QED) is 0.212. The third kappa shape index (κ3) is 9.18. The Bertz CT molecular complexity index is 1370. The molecular weight excluding hydrogens is 729 g/mol. The van der Waals surface area contributed by atoms with Gasteiger partial charge in [0, 0.05) is 13.0 Å². The zero-order chi connectivity index (χ0) is 40.5. The molecule has 0 saturated heterocycles. The van der Waals surface area contributed by atoms with Gasteiger partial charge in [-0.1, -0.05) is 63.8 Å². The van der Waals surface area contributed by atoms with Gasteiger partial charge in [-0.25, -0.2) is 0 Å². The third-order valence-electron chi connectivity index (χ3n) is 21.3. The zero-order valence-electron chi connectivity index (χ0n) is 37.8. The largest absolute Gasteiger partial charge is 0.469 e. The van der Waals surface area contributed by atoms with Gasteiger partial charge in [0.2, 0.25) is 0 Å². The summed E-state index contributed by atoms with van der Waals surface area (Å²) in [6.07, 6.45) is 26.9. The maximum absolute atomic E-state index is 11.7. The molecule has 5 heteroatoms. The maximum Gasteiger partial charge on any atom is 0.305 e. The normalized spacial score (nSPS) is 49.1. The molecular formula is C54H100O5. The minimum atomic E-state index is -0.437. The van der Waals surface area contributed by atoms with Crippen molar-refractivity contribution >= 4 is 5.97 Å². The van der Waals surface area contributed by atoms with Crippen LogP contribution in [0.4, 0.5) is 0 Å². The van der Waals surface area contributed by atoms with Gasteiger partial charge in [-0.15, -0.1) is 0 Å². The van der Waals surface area contributed by atoms with Crippen LogP contribution >= 0.6 is 0 Å². The Morgan fingerprint density at radius 2 is 0.966 bits per heavy atom. The van der Waals surface area contributed by atoms with E-state index in [4.69, 9.17) is 4.74 Å². The zero-order valence-corrected chi connectivity index (χ0v) is 37.8. The van der Waals surface area contributed by atoms with Gasteiger partial charge in [-0.05, 0) is 241 Å². The van der Waals surface area contributed by atoms with Crippen LogP contribution in [0.2, 0.25) is 0 Å². The molecule has 0 aromatic carbocycles. The summed E-state index contributed by atoms with van der Waals surface area (Å²) in [6, 6.07) is 0. The fourth-order valence-corrected chi connectivity index (χ4v) is 18.1. The molecule has 0 aromatic heterocycles. The monoisotopic (exact) mass is 829 g/mol. The van der Waals surface area contributed by atoms with Gasteiger partial charge in [-0.3, -0.25) is 4.79 Å². The van der Waals surface area contributed by atoms with E-state index < -0.39 is 11.2 Å². The van der Waals surface area contributed by atoms with Gasteiger partial charge < -0.3 is 20.1 Å². The molecule has 8 aliphatic carbocycles. The van der Waals surface area contributed by atoms with Gasteiger partial charge in [-0.2, -0.15) is 0 Å². The lowest BCUT2D eigenvalue weighted by molar-refractivity contribution is -0.148. The van der Waals surface area contributed by atoms with Crippen LogP contribution in [0.1, 0.15) is 219 Å². The number of aliphatic hydroxyl groups excluding tert-OH is 1. The Hall–Kier alpha value is -0.650. The summed E-state index contributed by atoms with van der Waals surface area (Å²) >= 11 is 0. The minimum absolute atomic E-state index is 0. The molecule has 346 valence electrons. The summed E-state index contributed by atoms with van der Waals surface area (Å²) in [5.41, 5.74) is 1.07. The van der Waals surface area contributed by atoms with Crippen LogP contribution in [-0.2, 0) is 9.53 Å². The average Bonchev–Trinajstić information content (AvgIpc) is 3.70. The van der Waals surface area contributed by atoms with Crippen molar-refractivity contribution in [3.8, 4) is 0 Å². The van der Waals surface area contributed by atoms with Gasteiger partial charge >= 0.3 is 5.97 Å². The van der Waals surface area contributed by atoms with E-state index in [2.05, 4.69) is 55.4 Å². The van der Waals surface area contributed by atoms with Gasteiger partial charge in [0.25, 0.3) is 0 Å². The van der Waals surface area contributed by atoms with Crippen LogP contribution in [0.15, 0.2) is 0 Å². The average molecular weight is 829 g/mol. The van der Waals surface area contributed by atoms with E-state index >= 15 is 0 Å². The Balaban J connectivity index is 0.000000249. The van der Waals surface area contributed by atoms with E-state index in [-0.39, 0.29) is 28.2 Å². The number of rotatable bonds is 8. The van der Waals surface area contributed by atoms with Crippen molar-refractivity contribution in [2.75, 3.05) is 13.7 Å². The van der Waals surface area contributed by atoms with Gasteiger partial charge in [0.05, 0.1) is 18.3 Å². The Labute approximate surface area is 366 Å². The number of esters is 1. The summed E-state index contributed by atoms with van der Waals surface area (Å²) in [6.45, 7) is 19.8. The highest BCUT2D eigenvalue weighted by atomic mass is 16.5. The van der Waals surface area contributed by atoms with Crippen LogP contribution < -0.4 is 0 Å². The van der Waals surface area contributed by atoms with Crippen molar-refractivity contribution in [1.82, 2.24) is 0 Å². The number of carbonyl (C=O) groups is 1. The Morgan fingerprint density at radius 1 is 0.559 bits per heavy atom. The van der Waals surface area contributed by atoms with E-state index in [1.807, 2.05) is 0 Å². The minimum Gasteiger partial charge on any atom is -0.469 e. The number of hydrogen-bond donors (Lipinski definition) is 3. The maximum atomic E-state index is 11.7. The molecule has 0 radical (unpaired) electrons. The predicted octanol–water partition coefficient (Wildman–Crippen LogP) is 13.7. The fraction of sp³-hybridized carbons (Fsp3) is 0.981. The third-order valence-corrected chi connectivity index (χ3v) is 21.3. The van der Waals surface area contributed by atoms with E-state index in [0.29, 0.717) is 46.5 Å². The molecule has 0 spiro atoms. The highest BCUT2D eigenvalue weighted by Crippen LogP contribution is 2.70. The van der Waals surface area contributed by atoms with Crippen molar-refractivity contribution in [1.29, 1.82) is 0 Å². The number of aliphatic hydroxyl groups is 3. The molecule has 0 unspecified atom stereocenters. The molecule has 0 aliphatic heterocycles. The molecule has 0 aromatic rings. The first-order valence-electron chi connectivity index (χ1n) is 24.4. The van der Waals surface area contributed by atoms with Crippen molar-refractivity contribution in [2.24, 2.45) is 92.7 Å². The lowest BCUT2D eigenvalue weighted by Gasteiger charge is -2.62. The van der Waals surface area contributed by atoms with Crippen LogP contribution in [0.5, 0.6) is 0 Å².